The monoisotopic (exact) mass is 365 g/mol. The van der Waals surface area contributed by atoms with Gasteiger partial charge in [0, 0.05) is 4.88 Å². The lowest BCUT2D eigenvalue weighted by Crippen LogP contribution is -2.21. The zero-order valence-corrected chi connectivity index (χ0v) is 14.6. The number of amides is 1. The molecule has 0 saturated heterocycles. The summed E-state index contributed by atoms with van der Waals surface area (Å²) in [5.41, 5.74) is 1.47. The van der Waals surface area contributed by atoms with Crippen molar-refractivity contribution in [3.8, 4) is 5.75 Å². The fourth-order valence-electron chi connectivity index (χ4n) is 2.68. The van der Waals surface area contributed by atoms with Crippen LogP contribution in [0, 0.1) is 0 Å². The zero-order valence-electron chi connectivity index (χ0n) is 13.1. The van der Waals surface area contributed by atoms with Crippen molar-refractivity contribution in [1.82, 2.24) is 0 Å². The lowest BCUT2D eigenvalue weighted by molar-refractivity contribution is -0.118. The number of nitrogens with one attached hydrogen (secondary N) is 1. The first-order valence-electron chi connectivity index (χ1n) is 7.50. The third-order valence-electron chi connectivity index (χ3n) is 3.76. The highest BCUT2D eigenvalue weighted by molar-refractivity contribution is 7.17. The molecule has 0 fully saturated rings. The average molecular weight is 366 g/mol. The van der Waals surface area contributed by atoms with E-state index in [0.29, 0.717) is 21.3 Å². The highest BCUT2D eigenvalue weighted by Crippen LogP contribution is 2.39. The van der Waals surface area contributed by atoms with E-state index in [2.05, 4.69) is 5.32 Å². The van der Waals surface area contributed by atoms with Gasteiger partial charge < -0.3 is 14.8 Å². The van der Waals surface area contributed by atoms with Gasteiger partial charge in [-0.1, -0.05) is 23.7 Å². The number of carbonyl (C=O) groups is 2. The summed E-state index contributed by atoms with van der Waals surface area (Å²) in [5, 5.41) is 3.72. The Morgan fingerprint density at radius 1 is 1.29 bits per heavy atom. The molecular weight excluding hydrogens is 350 g/mol. The molecule has 1 aliphatic carbocycles. The number of hydrogen-bond donors (Lipinski definition) is 1. The number of thiophene rings is 1. The molecule has 1 aromatic heterocycles. The summed E-state index contributed by atoms with van der Waals surface area (Å²) in [6, 6.07) is 6.94. The molecule has 3 rings (SSSR count). The van der Waals surface area contributed by atoms with E-state index in [1.807, 2.05) is 0 Å². The second kappa shape index (κ2) is 7.23. The van der Waals surface area contributed by atoms with Crippen LogP contribution in [0.5, 0.6) is 5.75 Å². The molecule has 24 heavy (non-hydrogen) atoms. The van der Waals surface area contributed by atoms with E-state index in [0.717, 1.165) is 29.7 Å². The first kappa shape index (κ1) is 16.8. The Balaban J connectivity index is 1.71. The van der Waals surface area contributed by atoms with Gasteiger partial charge in [0.2, 0.25) is 0 Å². The maximum absolute atomic E-state index is 12.2. The van der Waals surface area contributed by atoms with E-state index in [1.165, 1.54) is 18.4 Å². The molecule has 1 aliphatic rings. The highest BCUT2D eigenvalue weighted by atomic mass is 35.5. The molecule has 0 bridgehead atoms. The lowest BCUT2D eigenvalue weighted by Gasteiger charge is -2.09. The van der Waals surface area contributed by atoms with E-state index in [9.17, 15) is 9.59 Å². The summed E-state index contributed by atoms with van der Waals surface area (Å²) in [5.74, 6) is -0.326. The largest absolute Gasteiger partial charge is 0.482 e. The van der Waals surface area contributed by atoms with Gasteiger partial charge in [-0.2, -0.15) is 0 Å². The van der Waals surface area contributed by atoms with Gasteiger partial charge in [0.05, 0.1) is 17.7 Å². The standard InChI is InChI=1S/C17H16ClNO4S/c1-22-17(21)15-10-5-4-8-13(10)24-16(15)19-14(20)9-23-12-7-3-2-6-11(12)18/h2-3,6-7H,4-5,8-9H2,1H3,(H,19,20). The van der Waals surface area contributed by atoms with Crippen LogP contribution < -0.4 is 10.1 Å². The van der Waals surface area contributed by atoms with Crippen LogP contribution in [0.2, 0.25) is 5.02 Å². The van der Waals surface area contributed by atoms with Crippen LogP contribution in [0.3, 0.4) is 0 Å². The number of aryl methyl sites for hydroxylation is 1. The van der Waals surface area contributed by atoms with Crippen LogP contribution in [0.4, 0.5) is 5.00 Å². The second-order valence-electron chi connectivity index (χ2n) is 5.32. The topological polar surface area (TPSA) is 64.6 Å². The molecule has 0 radical (unpaired) electrons. The number of esters is 1. The van der Waals surface area contributed by atoms with Crippen molar-refractivity contribution in [2.45, 2.75) is 19.3 Å². The normalized spacial score (nSPS) is 12.6. The Morgan fingerprint density at radius 2 is 2.08 bits per heavy atom. The van der Waals surface area contributed by atoms with E-state index in [-0.39, 0.29) is 12.5 Å². The number of fused-ring (bicyclic) bond motifs is 1. The van der Waals surface area contributed by atoms with Crippen molar-refractivity contribution in [3.63, 3.8) is 0 Å². The van der Waals surface area contributed by atoms with Crippen LogP contribution in [-0.4, -0.2) is 25.6 Å². The van der Waals surface area contributed by atoms with Crippen molar-refractivity contribution in [2.75, 3.05) is 19.0 Å². The van der Waals surface area contributed by atoms with Gasteiger partial charge in [0.25, 0.3) is 5.91 Å². The zero-order chi connectivity index (χ0) is 17.1. The minimum absolute atomic E-state index is 0.188. The summed E-state index contributed by atoms with van der Waals surface area (Å²) in [4.78, 5) is 25.3. The van der Waals surface area contributed by atoms with Gasteiger partial charge in [-0.3, -0.25) is 4.79 Å². The Bertz CT molecular complexity index is 787. The molecule has 7 heteroatoms. The molecule has 0 aliphatic heterocycles. The molecule has 1 aromatic carbocycles. The van der Waals surface area contributed by atoms with Gasteiger partial charge in [-0.15, -0.1) is 11.3 Å². The number of carbonyl (C=O) groups excluding carboxylic acids is 2. The molecule has 1 heterocycles. The number of anilines is 1. The number of para-hydroxylation sites is 1. The summed E-state index contributed by atoms with van der Waals surface area (Å²) in [6.45, 7) is -0.188. The summed E-state index contributed by atoms with van der Waals surface area (Å²) >= 11 is 7.42. The first-order chi connectivity index (χ1) is 11.6. The Hall–Kier alpha value is -2.05. The SMILES string of the molecule is COC(=O)c1c(NC(=O)COc2ccccc2Cl)sc2c1CCC2. The summed E-state index contributed by atoms with van der Waals surface area (Å²) in [6.07, 6.45) is 2.78. The second-order valence-corrected chi connectivity index (χ2v) is 6.83. The third-order valence-corrected chi connectivity index (χ3v) is 5.28. The van der Waals surface area contributed by atoms with Crippen molar-refractivity contribution in [1.29, 1.82) is 0 Å². The van der Waals surface area contributed by atoms with Crippen LogP contribution in [0.1, 0.15) is 27.2 Å². The van der Waals surface area contributed by atoms with Crippen LogP contribution in [-0.2, 0) is 22.4 Å². The molecule has 0 atom stereocenters. The van der Waals surface area contributed by atoms with Crippen LogP contribution >= 0.6 is 22.9 Å². The Kier molecular flexibility index (Phi) is 5.06. The van der Waals surface area contributed by atoms with Crippen molar-refractivity contribution >= 4 is 39.8 Å². The van der Waals surface area contributed by atoms with Gasteiger partial charge in [-0.25, -0.2) is 4.79 Å². The maximum atomic E-state index is 12.2. The first-order valence-corrected chi connectivity index (χ1v) is 8.69. The molecule has 2 aromatic rings. The average Bonchev–Trinajstić information content (AvgIpc) is 3.14. The van der Waals surface area contributed by atoms with Gasteiger partial charge in [0.1, 0.15) is 10.8 Å². The van der Waals surface area contributed by atoms with E-state index < -0.39 is 5.97 Å². The van der Waals surface area contributed by atoms with Crippen molar-refractivity contribution in [2.24, 2.45) is 0 Å². The van der Waals surface area contributed by atoms with Gasteiger partial charge >= 0.3 is 5.97 Å². The molecule has 0 unspecified atom stereocenters. The number of benzene rings is 1. The van der Waals surface area contributed by atoms with Crippen molar-refractivity contribution in [3.05, 3.63) is 45.3 Å². The van der Waals surface area contributed by atoms with E-state index >= 15 is 0 Å². The molecule has 126 valence electrons. The summed E-state index contributed by atoms with van der Waals surface area (Å²) < 4.78 is 10.3. The molecule has 1 N–H and O–H groups in total. The van der Waals surface area contributed by atoms with Crippen LogP contribution in [0.15, 0.2) is 24.3 Å². The highest BCUT2D eigenvalue weighted by Gasteiger charge is 2.28. The molecular formula is C17H16ClNO4S. The smallest absolute Gasteiger partial charge is 0.341 e. The number of halogens is 1. The predicted molar refractivity (Wildman–Crippen MR) is 93.3 cm³/mol. The minimum Gasteiger partial charge on any atom is -0.482 e. The predicted octanol–water partition coefficient (Wildman–Crippen LogP) is 3.69. The number of hydrogen-bond acceptors (Lipinski definition) is 5. The lowest BCUT2D eigenvalue weighted by atomic mass is 10.1. The molecule has 0 spiro atoms. The Morgan fingerprint density at radius 3 is 2.83 bits per heavy atom. The minimum atomic E-state index is -0.420. The summed E-state index contributed by atoms with van der Waals surface area (Å²) in [7, 11) is 1.34. The fourth-order valence-corrected chi connectivity index (χ4v) is 4.16. The number of rotatable bonds is 5. The van der Waals surface area contributed by atoms with E-state index in [4.69, 9.17) is 21.1 Å². The van der Waals surface area contributed by atoms with Crippen molar-refractivity contribution < 1.29 is 19.1 Å². The third kappa shape index (κ3) is 3.39. The quantitative estimate of drug-likeness (QED) is 0.820. The molecule has 0 saturated carbocycles. The van der Waals surface area contributed by atoms with Gasteiger partial charge in [-0.05, 0) is 37.0 Å². The van der Waals surface area contributed by atoms with Gasteiger partial charge in [0.15, 0.2) is 6.61 Å². The Labute approximate surface area is 148 Å². The molecule has 1 amide bonds. The molecule has 5 nitrogen and oxygen atoms in total. The van der Waals surface area contributed by atoms with Crippen LogP contribution in [0.25, 0.3) is 0 Å². The number of methoxy groups -OCH3 is 1. The fraction of sp³-hybridized carbons (Fsp3) is 0.294. The number of ether oxygens (including phenoxy) is 2. The maximum Gasteiger partial charge on any atom is 0.341 e. The van der Waals surface area contributed by atoms with E-state index in [1.54, 1.807) is 24.3 Å².